The zero-order chi connectivity index (χ0) is 16.4. The first-order valence-corrected chi connectivity index (χ1v) is 7.43. The van der Waals surface area contributed by atoms with Gasteiger partial charge in [0.25, 0.3) is 0 Å². The second-order valence-electron chi connectivity index (χ2n) is 4.65. The number of carbonyl (C=O) groups is 2. The van der Waals surface area contributed by atoms with Crippen LogP contribution in [0.4, 0.5) is 0 Å². The molecule has 120 valence electrons. The van der Waals surface area contributed by atoms with Crippen LogP contribution >= 0.6 is 11.6 Å². The summed E-state index contributed by atoms with van der Waals surface area (Å²) in [6.07, 6.45) is 4.41. The highest BCUT2D eigenvalue weighted by Gasteiger charge is 2.17. The molecule has 6 heteroatoms. The van der Waals surface area contributed by atoms with E-state index in [4.69, 9.17) is 21.4 Å². The highest BCUT2D eigenvalue weighted by molar-refractivity contribution is 6.32. The van der Waals surface area contributed by atoms with Gasteiger partial charge in [0.05, 0.1) is 11.6 Å². The van der Waals surface area contributed by atoms with E-state index in [1.807, 2.05) is 6.07 Å². The summed E-state index contributed by atoms with van der Waals surface area (Å²) in [6.45, 7) is 2.14. The van der Waals surface area contributed by atoms with Crippen molar-refractivity contribution < 1.29 is 19.4 Å². The number of amides is 1. The molecule has 1 rings (SSSR count). The molecule has 1 aromatic rings. The van der Waals surface area contributed by atoms with Crippen LogP contribution in [0.15, 0.2) is 36.4 Å². The predicted molar refractivity (Wildman–Crippen MR) is 85.2 cm³/mol. The molecule has 2 N–H and O–H groups in total. The molecule has 1 unspecified atom stereocenters. The number of carboxylic acid groups (broad SMARTS) is 1. The number of nitrogens with one attached hydrogen (secondary N) is 1. The Kier molecular flexibility index (Phi) is 8.07. The van der Waals surface area contributed by atoms with Crippen LogP contribution in [0.5, 0.6) is 5.75 Å². The Bertz CT molecular complexity index is 531. The Hall–Kier alpha value is -2.01. The summed E-state index contributed by atoms with van der Waals surface area (Å²) in [6, 6.07) is 6.20. The summed E-state index contributed by atoms with van der Waals surface area (Å²) in [5.74, 6) is -0.778. The molecule has 22 heavy (non-hydrogen) atoms. The number of halogens is 1. The molecule has 1 atom stereocenters. The molecule has 0 heterocycles. The fourth-order valence-electron chi connectivity index (χ4n) is 1.74. The number of rotatable bonds is 9. The van der Waals surface area contributed by atoms with E-state index in [0.717, 1.165) is 0 Å². The number of carbonyl (C=O) groups excluding carboxylic acids is 1. The third-order valence-corrected chi connectivity index (χ3v) is 3.20. The normalized spacial score (nSPS) is 12.1. The highest BCUT2D eigenvalue weighted by atomic mass is 35.5. The Balaban J connectivity index is 2.30. The number of carboxylic acids is 1. The molecule has 1 amide bonds. The zero-order valence-corrected chi connectivity index (χ0v) is 13.2. The van der Waals surface area contributed by atoms with Gasteiger partial charge in [-0.2, -0.15) is 0 Å². The van der Waals surface area contributed by atoms with Crippen molar-refractivity contribution in [3.63, 3.8) is 0 Å². The number of ether oxygens (including phenoxy) is 1. The van der Waals surface area contributed by atoms with Crippen LogP contribution in [0, 0.1) is 0 Å². The van der Waals surface area contributed by atoms with E-state index in [1.165, 1.54) is 0 Å². The van der Waals surface area contributed by atoms with E-state index in [2.05, 4.69) is 5.32 Å². The van der Waals surface area contributed by atoms with Gasteiger partial charge < -0.3 is 15.2 Å². The van der Waals surface area contributed by atoms with Crippen molar-refractivity contribution in [2.24, 2.45) is 0 Å². The van der Waals surface area contributed by atoms with E-state index < -0.39 is 12.0 Å². The maximum absolute atomic E-state index is 11.7. The monoisotopic (exact) mass is 325 g/mol. The van der Waals surface area contributed by atoms with E-state index in [9.17, 15) is 9.59 Å². The number of para-hydroxylation sites is 1. The lowest BCUT2D eigenvalue weighted by Gasteiger charge is -2.13. The first-order chi connectivity index (χ1) is 10.5. The third-order valence-electron chi connectivity index (χ3n) is 2.88. The van der Waals surface area contributed by atoms with Gasteiger partial charge in [0.15, 0.2) is 0 Å². The van der Waals surface area contributed by atoms with Crippen molar-refractivity contribution in [2.45, 2.75) is 32.2 Å². The summed E-state index contributed by atoms with van der Waals surface area (Å²) in [5, 5.41) is 12.0. The quantitative estimate of drug-likeness (QED) is 0.540. The summed E-state index contributed by atoms with van der Waals surface area (Å²) in [4.78, 5) is 22.7. The van der Waals surface area contributed by atoms with Crippen molar-refractivity contribution in [3.05, 3.63) is 41.4 Å². The van der Waals surface area contributed by atoms with Crippen LogP contribution in [0.2, 0.25) is 5.02 Å². The zero-order valence-electron chi connectivity index (χ0n) is 12.4. The summed E-state index contributed by atoms with van der Waals surface area (Å²) < 4.78 is 5.47. The van der Waals surface area contributed by atoms with Crippen molar-refractivity contribution in [1.82, 2.24) is 5.32 Å². The summed E-state index contributed by atoms with van der Waals surface area (Å²) in [5.41, 5.74) is 0. The van der Waals surface area contributed by atoms with E-state index in [1.54, 1.807) is 37.3 Å². The molecule has 0 aromatic heterocycles. The molecule has 5 nitrogen and oxygen atoms in total. The van der Waals surface area contributed by atoms with Crippen molar-refractivity contribution in [2.75, 3.05) is 6.61 Å². The van der Waals surface area contributed by atoms with Crippen LogP contribution in [-0.4, -0.2) is 29.6 Å². The minimum atomic E-state index is -1.04. The topological polar surface area (TPSA) is 75.6 Å². The van der Waals surface area contributed by atoms with Crippen LogP contribution in [0.1, 0.15) is 26.2 Å². The Morgan fingerprint density at radius 3 is 2.77 bits per heavy atom. The molecule has 0 spiro atoms. The molecule has 0 saturated heterocycles. The van der Waals surface area contributed by atoms with Crippen molar-refractivity contribution in [1.29, 1.82) is 0 Å². The van der Waals surface area contributed by atoms with Gasteiger partial charge in [-0.15, -0.1) is 0 Å². The van der Waals surface area contributed by atoms with E-state index >= 15 is 0 Å². The highest BCUT2D eigenvalue weighted by Crippen LogP contribution is 2.23. The van der Waals surface area contributed by atoms with Gasteiger partial charge in [-0.1, -0.05) is 35.9 Å². The average Bonchev–Trinajstić information content (AvgIpc) is 2.49. The largest absolute Gasteiger partial charge is 0.492 e. The molecule has 0 fully saturated rings. The number of allylic oxidation sites excluding steroid dienone is 1. The van der Waals surface area contributed by atoms with Gasteiger partial charge >= 0.3 is 5.97 Å². The fourth-order valence-corrected chi connectivity index (χ4v) is 1.93. The van der Waals surface area contributed by atoms with Crippen molar-refractivity contribution in [3.8, 4) is 5.75 Å². The minimum Gasteiger partial charge on any atom is -0.492 e. The lowest BCUT2D eigenvalue weighted by Crippen LogP contribution is -2.40. The number of aliphatic carboxylic acids is 1. The molecule has 0 bridgehead atoms. The molecule has 0 radical (unpaired) electrons. The lowest BCUT2D eigenvalue weighted by molar-refractivity contribution is -0.141. The standard InChI is InChI=1S/C16H20ClNO4/c1-2-3-8-13(16(20)21)18-15(19)10-6-11-22-14-9-5-4-7-12(14)17/h2-5,7,9,13H,6,8,10-11H2,1H3,(H,18,19)(H,20,21)/b3-2+. The first-order valence-electron chi connectivity index (χ1n) is 7.05. The third kappa shape index (κ3) is 6.63. The molecular formula is C16H20ClNO4. The summed E-state index contributed by atoms with van der Waals surface area (Å²) >= 11 is 5.94. The van der Waals surface area contributed by atoms with Gasteiger partial charge in [0.1, 0.15) is 11.8 Å². The Morgan fingerprint density at radius 1 is 1.41 bits per heavy atom. The van der Waals surface area contributed by atoms with Gasteiger partial charge in [0.2, 0.25) is 5.91 Å². The second-order valence-corrected chi connectivity index (χ2v) is 5.05. The molecule has 0 aliphatic heterocycles. The molecule has 0 aliphatic carbocycles. The van der Waals surface area contributed by atoms with Crippen molar-refractivity contribution >= 4 is 23.5 Å². The maximum Gasteiger partial charge on any atom is 0.326 e. The molecule has 0 saturated carbocycles. The Morgan fingerprint density at radius 2 is 2.14 bits per heavy atom. The second kappa shape index (κ2) is 9.84. The molecule has 1 aromatic carbocycles. The average molecular weight is 326 g/mol. The van der Waals surface area contributed by atoms with Gasteiger partial charge in [-0.3, -0.25) is 4.79 Å². The van der Waals surface area contributed by atoms with E-state index in [-0.39, 0.29) is 18.7 Å². The fraction of sp³-hybridized carbons (Fsp3) is 0.375. The van der Waals surface area contributed by atoms with E-state index in [0.29, 0.717) is 23.8 Å². The predicted octanol–water partition coefficient (Wildman–Crippen LogP) is 3.03. The maximum atomic E-state index is 11.7. The molecule has 0 aliphatic rings. The number of hydrogen-bond acceptors (Lipinski definition) is 3. The van der Waals surface area contributed by atoms with Crippen LogP contribution in [-0.2, 0) is 9.59 Å². The smallest absolute Gasteiger partial charge is 0.326 e. The van der Waals surface area contributed by atoms with Gasteiger partial charge in [-0.25, -0.2) is 4.79 Å². The summed E-state index contributed by atoms with van der Waals surface area (Å²) in [7, 11) is 0. The lowest BCUT2D eigenvalue weighted by atomic mass is 10.2. The first kappa shape index (κ1) is 18.0. The SMILES string of the molecule is C/C=C/CC(NC(=O)CCCOc1ccccc1Cl)C(=O)O. The molecular weight excluding hydrogens is 306 g/mol. The van der Waals surface area contributed by atoms with Gasteiger partial charge in [-0.05, 0) is 31.9 Å². The van der Waals surface area contributed by atoms with Crippen LogP contribution in [0.3, 0.4) is 0 Å². The minimum absolute atomic E-state index is 0.198. The Labute approximate surface area is 134 Å². The number of benzene rings is 1. The number of hydrogen-bond donors (Lipinski definition) is 2. The van der Waals surface area contributed by atoms with Crippen LogP contribution < -0.4 is 10.1 Å². The van der Waals surface area contributed by atoms with Gasteiger partial charge in [0, 0.05) is 6.42 Å². The van der Waals surface area contributed by atoms with Crippen LogP contribution in [0.25, 0.3) is 0 Å².